The fraction of sp³-hybridized carbons (Fsp3) is 0.600. The maximum absolute atomic E-state index is 5.46. The van der Waals surface area contributed by atoms with Crippen LogP contribution in [0.5, 0.6) is 0 Å². The van der Waals surface area contributed by atoms with Crippen molar-refractivity contribution in [3.05, 3.63) is 12.7 Å². The molecule has 0 saturated heterocycles. The van der Waals surface area contributed by atoms with Crippen LogP contribution in [0.25, 0.3) is 0 Å². The Morgan fingerprint density at radius 2 is 2.33 bits per heavy atom. The summed E-state index contributed by atoms with van der Waals surface area (Å²) in [4.78, 5) is 5.31. The van der Waals surface area contributed by atoms with Gasteiger partial charge < -0.3 is 0 Å². The Labute approximate surface area is 53.9 Å². The van der Waals surface area contributed by atoms with Crippen LogP contribution in [0.15, 0.2) is 12.7 Å². The molecule has 0 aromatic carbocycles. The Morgan fingerprint density at radius 3 is 2.56 bits per heavy atom. The van der Waals surface area contributed by atoms with E-state index >= 15 is 0 Å². The number of rotatable bonds is 1. The van der Waals surface area contributed by atoms with Gasteiger partial charge in [0.1, 0.15) is 0 Å². The molecule has 0 spiro atoms. The second-order valence-corrected chi connectivity index (χ2v) is 2.23. The molecule has 9 heavy (non-hydrogen) atoms. The zero-order valence-corrected chi connectivity index (χ0v) is 5.65. The first kappa shape index (κ1) is 6.07. The Kier molecular flexibility index (Phi) is 1.38. The molecule has 0 fully saturated rings. The number of hydrogen-bond acceptors (Lipinski definition) is 2. The number of aromatic nitrogens is 3. The Morgan fingerprint density at radius 1 is 1.67 bits per heavy atom. The highest BCUT2D eigenvalue weighted by Crippen LogP contribution is 1.94. The fourth-order valence-electron chi connectivity index (χ4n) is 0.686. The summed E-state index contributed by atoms with van der Waals surface area (Å²) in [7, 11) is 0. The van der Waals surface area contributed by atoms with E-state index in [1.165, 1.54) is 4.79 Å². The Bertz CT molecular complexity index is 191. The zero-order chi connectivity index (χ0) is 6.85. The van der Waals surface area contributed by atoms with Crippen molar-refractivity contribution >= 4 is 0 Å². The summed E-state index contributed by atoms with van der Waals surface area (Å²) in [5, 5.41) is 0. The average Bonchev–Trinajstić information content (AvgIpc) is 2.13. The zero-order valence-electron chi connectivity index (χ0n) is 5.65. The third kappa shape index (κ3) is 1.01. The summed E-state index contributed by atoms with van der Waals surface area (Å²) in [5.74, 6) is 5.46. The summed E-state index contributed by atoms with van der Waals surface area (Å²) >= 11 is 0. The van der Waals surface area contributed by atoms with Crippen molar-refractivity contribution < 1.29 is 4.79 Å². The van der Waals surface area contributed by atoms with Crippen molar-refractivity contribution in [3.8, 4) is 0 Å². The van der Waals surface area contributed by atoms with Gasteiger partial charge in [-0.05, 0) is 18.8 Å². The molecular formula is C5H11N4+. The van der Waals surface area contributed by atoms with Gasteiger partial charge in [0, 0.05) is 0 Å². The first-order valence-corrected chi connectivity index (χ1v) is 2.90. The van der Waals surface area contributed by atoms with Crippen molar-refractivity contribution in [2.24, 2.45) is 0 Å². The third-order valence-corrected chi connectivity index (χ3v) is 1.17. The van der Waals surface area contributed by atoms with Gasteiger partial charge in [-0.2, -0.15) is 4.68 Å². The molecule has 0 saturated carbocycles. The van der Waals surface area contributed by atoms with E-state index in [0.717, 1.165) is 0 Å². The van der Waals surface area contributed by atoms with E-state index < -0.39 is 0 Å². The van der Waals surface area contributed by atoms with Crippen molar-refractivity contribution in [1.29, 1.82) is 0 Å². The van der Waals surface area contributed by atoms with Gasteiger partial charge in [0.2, 0.25) is 6.33 Å². The van der Waals surface area contributed by atoms with Crippen LogP contribution >= 0.6 is 0 Å². The van der Waals surface area contributed by atoms with Crippen LogP contribution in [-0.2, 0) is 0 Å². The smallest absolute Gasteiger partial charge is 0.250 e. The molecule has 0 aliphatic heterocycles. The molecule has 0 atom stereocenters. The van der Waals surface area contributed by atoms with Crippen molar-refractivity contribution in [2.75, 3.05) is 5.84 Å². The van der Waals surface area contributed by atoms with E-state index in [0.29, 0.717) is 6.04 Å². The van der Waals surface area contributed by atoms with Gasteiger partial charge in [-0.25, -0.2) is 5.84 Å². The highest BCUT2D eigenvalue weighted by atomic mass is 15.6. The summed E-state index contributed by atoms with van der Waals surface area (Å²) in [6.07, 6.45) is 3.27. The predicted octanol–water partition coefficient (Wildman–Crippen LogP) is -0.535. The first-order valence-electron chi connectivity index (χ1n) is 2.90. The summed E-state index contributed by atoms with van der Waals surface area (Å²) in [6, 6.07) is 0.373. The van der Waals surface area contributed by atoms with E-state index in [9.17, 15) is 0 Å². The SMILES string of the molecule is CC(C)n1cnc[n+]1N. The molecule has 0 aliphatic carbocycles. The standard InChI is InChI=1S/C5H11N4/c1-5(2)8-3-7-4-9(8)6/h3-5H,6H2,1-2H3/q+1. The lowest BCUT2D eigenvalue weighted by molar-refractivity contribution is -0.727. The predicted molar refractivity (Wildman–Crippen MR) is 33.0 cm³/mol. The van der Waals surface area contributed by atoms with Crippen LogP contribution < -0.4 is 10.6 Å². The molecule has 4 nitrogen and oxygen atoms in total. The lowest BCUT2D eigenvalue weighted by Gasteiger charge is -2.01. The lowest BCUT2D eigenvalue weighted by Crippen LogP contribution is -2.52. The van der Waals surface area contributed by atoms with Gasteiger partial charge in [0.15, 0.2) is 0 Å². The molecule has 0 radical (unpaired) electrons. The first-order chi connectivity index (χ1) is 4.22. The molecular weight excluding hydrogens is 116 g/mol. The molecule has 0 aliphatic rings. The Hall–Kier alpha value is -1.06. The summed E-state index contributed by atoms with van der Waals surface area (Å²) in [5.41, 5.74) is 0. The minimum Gasteiger partial charge on any atom is -0.250 e. The number of hydrogen-bond donors (Lipinski definition) is 1. The largest absolute Gasteiger partial charge is 0.330 e. The quantitative estimate of drug-likeness (QED) is 0.407. The minimum atomic E-state index is 0.373. The van der Waals surface area contributed by atoms with Crippen LogP contribution in [0.3, 0.4) is 0 Å². The van der Waals surface area contributed by atoms with Gasteiger partial charge in [0.25, 0.3) is 0 Å². The van der Waals surface area contributed by atoms with Crippen molar-refractivity contribution in [3.63, 3.8) is 0 Å². The molecule has 1 rings (SSSR count). The van der Waals surface area contributed by atoms with E-state index in [1.54, 1.807) is 12.7 Å². The van der Waals surface area contributed by atoms with E-state index in [1.807, 2.05) is 18.5 Å². The minimum absolute atomic E-state index is 0.373. The topological polar surface area (TPSA) is 47.7 Å². The highest BCUT2D eigenvalue weighted by molar-refractivity contribution is 4.52. The molecule has 1 aromatic rings. The lowest BCUT2D eigenvalue weighted by atomic mass is 10.4. The monoisotopic (exact) mass is 127 g/mol. The van der Waals surface area contributed by atoms with Gasteiger partial charge in [0.05, 0.1) is 6.04 Å². The molecule has 2 N–H and O–H groups in total. The van der Waals surface area contributed by atoms with Gasteiger partial charge in [-0.1, -0.05) is 4.79 Å². The highest BCUT2D eigenvalue weighted by Gasteiger charge is 2.05. The van der Waals surface area contributed by atoms with Crippen LogP contribution in [0.1, 0.15) is 19.9 Å². The number of nitrogens with two attached hydrogens (primary N) is 1. The third-order valence-electron chi connectivity index (χ3n) is 1.17. The van der Waals surface area contributed by atoms with E-state index in [-0.39, 0.29) is 0 Å². The molecule has 0 amide bonds. The molecule has 4 heteroatoms. The second kappa shape index (κ2) is 2.05. The molecule has 0 unspecified atom stereocenters. The maximum atomic E-state index is 5.46. The van der Waals surface area contributed by atoms with Gasteiger partial charge >= 0.3 is 6.33 Å². The average molecular weight is 127 g/mol. The molecule has 0 bridgehead atoms. The molecule has 50 valence electrons. The number of nitrogens with zero attached hydrogens (tertiary/aromatic N) is 3. The van der Waals surface area contributed by atoms with Crippen molar-refractivity contribution in [1.82, 2.24) is 9.67 Å². The number of nitrogen functional groups attached to an aromatic ring is 1. The van der Waals surface area contributed by atoms with E-state index in [2.05, 4.69) is 4.98 Å². The van der Waals surface area contributed by atoms with Crippen LogP contribution in [-0.4, -0.2) is 9.67 Å². The van der Waals surface area contributed by atoms with Crippen LogP contribution in [0.2, 0.25) is 0 Å². The van der Waals surface area contributed by atoms with E-state index in [4.69, 9.17) is 5.84 Å². The fourth-order valence-corrected chi connectivity index (χ4v) is 0.686. The molecule has 1 aromatic heterocycles. The van der Waals surface area contributed by atoms with Crippen molar-refractivity contribution in [2.45, 2.75) is 19.9 Å². The summed E-state index contributed by atoms with van der Waals surface area (Å²) < 4.78 is 1.83. The normalized spacial score (nSPS) is 10.6. The Balaban J connectivity index is 2.94. The van der Waals surface area contributed by atoms with Gasteiger partial charge in [-0.15, -0.1) is 0 Å². The van der Waals surface area contributed by atoms with Crippen LogP contribution in [0.4, 0.5) is 0 Å². The summed E-state index contributed by atoms with van der Waals surface area (Å²) in [6.45, 7) is 4.09. The second-order valence-electron chi connectivity index (χ2n) is 2.23. The maximum Gasteiger partial charge on any atom is 0.330 e. The van der Waals surface area contributed by atoms with Crippen LogP contribution in [0, 0.1) is 0 Å². The van der Waals surface area contributed by atoms with Gasteiger partial charge in [-0.3, -0.25) is 0 Å². The molecule has 1 heterocycles.